The lowest BCUT2D eigenvalue weighted by Crippen LogP contribution is -2.42. The van der Waals surface area contributed by atoms with E-state index in [1.54, 1.807) is 0 Å². The van der Waals surface area contributed by atoms with Crippen LogP contribution in [0.2, 0.25) is 0 Å². The fraction of sp³-hybridized carbons (Fsp3) is 0.304. The van der Waals surface area contributed by atoms with Gasteiger partial charge in [0.1, 0.15) is 18.5 Å². The average Bonchev–Trinajstić information content (AvgIpc) is 3.19. The van der Waals surface area contributed by atoms with Crippen LogP contribution >= 0.6 is 0 Å². The van der Waals surface area contributed by atoms with Gasteiger partial charge >= 0.3 is 0 Å². The molecular formula is C23H26N2O2. The Morgan fingerprint density at radius 3 is 2.48 bits per heavy atom. The molecule has 2 atom stereocenters. The first-order valence-corrected chi connectivity index (χ1v) is 9.56. The summed E-state index contributed by atoms with van der Waals surface area (Å²) < 4.78 is 8.10. The molecule has 0 radical (unpaired) electrons. The van der Waals surface area contributed by atoms with Gasteiger partial charge in [-0.25, -0.2) is 0 Å². The Morgan fingerprint density at radius 2 is 1.70 bits per heavy atom. The van der Waals surface area contributed by atoms with Crippen LogP contribution in [0.15, 0.2) is 72.9 Å². The third-order valence-electron chi connectivity index (χ3n) is 5.32. The van der Waals surface area contributed by atoms with E-state index in [2.05, 4.69) is 59.0 Å². The van der Waals surface area contributed by atoms with Crippen molar-refractivity contribution in [3.8, 4) is 16.9 Å². The monoisotopic (exact) mass is 362 g/mol. The quantitative estimate of drug-likeness (QED) is 0.721. The standard InChI is InChI=1S/C23H26N2O2/c1-18-23-8-5-13-24(23)14-15-25(18)16-21(26)17-27-22-11-9-20(10-12-22)19-6-3-2-4-7-19/h2-13,18,21,26H,14-17H2,1H3/t18-,21-/m1/s1. The highest BCUT2D eigenvalue weighted by atomic mass is 16.5. The van der Waals surface area contributed by atoms with Crippen LogP contribution < -0.4 is 4.74 Å². The maximum absolute atomic E-state index is 10.4. The van der Waals surface area contributed by atoms with Crippen LogP contribution in [0.4, 0.5) is 0 Å². The predicted molar refractivity (Wildman–Crippen MR) is 108 cm³/mol. The molecule has 0 amide bonds. The van der Waals surface area contributed by atoms with Gasteiger partial charge in [-0.05, 0) is 42.3 Å². The number of aromatic nitrogens is 1. The summed E-state index contributed by atoms with van der Waals surface area (Å²) in [7, 11) is 0. The molecule has 1 aromatic heterocycles. The minimum Gasteiger partial charge on any atom is -0.491 e. The minimum absolute atomic E-state index is 0.301. The first-order valence-electron chi connectivity index (χ1n) is 9.56. The molecule has 0 bridgehead atoms. The molecule has 3 aromatic rings. The van der Waals surface area contributed by atoms with E-state index in [0.29, 0.717) is 19.2 Å². The molecule has 1 aliphatic rings. The van der Waals surface area contributed by atoms with Crippen LogP contribution in [0.1, 0.15) is 18.7 Å². The SMILES string of the molecule is C[C@@H]1c2cccn2CCN1C[C@@H](O)COc1ccc(-c2ccccc2)cc1. The molecule has 0 aliphatic carbocycles. The maximum atomic E-state index is 10.4. The molecule has 0 saturated heterocycles. The second-order valence-electron chi connectivity index (χ2n) is 7.15. The van der Waals surface area contributed by atoms with Gasteiger partial charge in [-0.2, -0.15) is 0 Å². The lowest BCUT2D eigenvalue weighted by atomic mass is 10.1. The van der Waals surface area contributed by atoms with Crippen LogP contribution in [0.3, 0.4) is 0 Å². The van der Waals surface area contributed by atoms with Crippen molar-refractivity contribution in [1.82, 2.24) is 9.47 Å². The molecule has 1 N–H and O–H groups in total. The highest BCUT2D eigenvalue weighted by Gasteiger charge is 2.25. The molecule has 2 aromatic carbocycles. The molecule has 140 valence electrons. The predicted octanol–water partition coefficient (Wildman–Crippen LogP) is 3.97. The Kier molecular flexibility index (Phi) is 5.28. The fourth-order valence-corrected chi connectivity index (χ4v) is 3.77. The zero-order valence-corrected chi connectivity index (χ0v) is 15.7. The van der Waals surface area contributed by atoms with E-state index in [-0.39, 0.29) is 0 Å². The van der Waals surface area contributed by atoms with Crippen LogP contribution in [0.5, 0.6) is 5.75 Å². The number of hydrogen-bond donors (Lipinski definition) is 1. The van der Waals surface area contributed by atoms with Crippen molar-refractivity contribution in [2.45, 2.75) is 25.6 Å². The first kappa shape index (κ1) is 17.8. The van der Waals surface area contributed by atoms with E-state index < -0.39 is 6.10 Å². The number of fused-ring (bicyclic) bond motifs is 1. The maximum Gasteiger partial charge on any atom is 0.119 e. The van der Waals surface area contributed by atoms with E-state index in [1.165, 1.54) is 11.3 Å². The molecule has 0 fully saturated rings. The van der Waals surface area contributed by atoms with Crippen molar-refractivity contribution >= 4 is 0 Å². The third-order valence-corrected chi connectivity index (χ3v) is 5.32. The van der Waals surface area contributed by atoms with Crippen molar-refractivity contribution in [1.29, 1.82) is 0 Å². The summed E-state index contributed by atoms with van der Waals surface area (Å²) in [6.07, 6.45) is 1.62. The molecular weight excluding hydrogens is 336 g/mol. The second kappa shape index (κ2) is 7.99. The van der Waals surface area contributed by atoms with Gasteiger partial charge in [-0.3, -0.25) is 4.90 Å². The van der Waals surface area contributed by atoms with Crippen LogP contribution in [-0.2, 0) is 6.54 Å². The topological polar surface area (TPSA) is 37.6 Å². The van der Waals surface area contributed by atoms with Gasteiger partial charge in [0, 0.05) is 37.6 Å². The summed E-state index contributed by atoms with van der Waals surface area (Å²) in [4.78, 5) is 2.32. The van der Waals surface area contributed by atoms with Gasteiger partial charge in [0.15, 0.2) is 0 Å². The molecule has 4 heteroatoms. The van der Waals surface area contributed by atoms with E-state index >= 15 is 0 Å². The Hall–Kier alpha value is -2.56. The minimum atomic E-state index is -0.511. The number of aliphatic hydroxyl groups is 1. The van der Waals surface area contributed by atoms with Crippen LogP contribution in [-0.4, -0.2) is 40.4 Å². The van der Waals surface area contributed by atoms with Crippen LogP contribution in [0, 0.1) is 0 Å². The summed E-state index contributed by atoms with van der Waals surface area (Å²) in [6.45, 7) is 5.04. The largest absolute Gasteiger partial charge is 0.491 e. The van der Waals surface area contributed by atoms with Crippen molar-refractivity contribution < 1.29 is 9.84 Å². The Balaban J connectivity index is 1.30. The number of hydrogen-bond acceptors (Lipinski definition) is 3. The van der Waals surface area contributed by atoms with Crippen molar-refractivity contribution in [2.24, 2.45) is 0 Å². The number of β-amino-alcohol motifs (C(OH)–C–C–N with tert-alkyl or cyclic N) is 1. The number of rotatable bonds is 6. The van der Waals surface area contributed by atoms with Gasteiger partial charge in [-0.15, -0.1) is 0 Å². The molecule has 0 unspecified atom stereocenters. The highest BCUT2D eigenvalue weighted by molar-refractivity contribution is 5.63. The summed E-state index contributed by atoms with van der Waals surface area (Å²) in [5, 5.41) is 10.4. The summed E-state index contributed by atoms with van der Waals surface area (Å²) in [6, 6.07) is 22.9. The Morgan fingerprint density at radius 1 is 0.963 bits per heavy atom. The number of benzene rings is 2. The summed E-state index contributed by atoms with van der Waals surface area (Å²) in [5.74, 6) is 0.786. The number of nitrogens with zero attached hydrogens (tertiary/aromatic N) is 2. The molecule has 0 saturated carbocycles. The van der Waals surface area contributed by atoms with E-state index in [4.69, 9.17) is 4.74 Å². The molecule has 0 spiro atoms. The second-order valence-corrected chi connectivity index (χ2v) is 7.15. The third kappa shape index (κ3) is 4.07. The lowest BCUT2D eigenvalue weighted by molar-refractivity contribution is 0.0453. The molecule has 27 heavy (non-hydrogen) atoms. The van der Waals surface area contributed by atoms with Gasteiger partial charge in [-0.1, -0.05) is 42.5 Å². The zero-order chi connectivity index (χ0) is 18.6. The summed E-state index contributed by atoms with van der Waals surface area (Å²) >= 11 is 0. The van der Waals surface area contributed by atoms with E-state index in [1.807, 2.05) is 30.3 Å². The smallest absolute Gasteiger partial charge is 0.119 e. The van der Waals surface area contributed by atoms with Gasteiger partial charge in [0.25, 0.3) is 0 Å². The lowest BCUT2D eigenvalue weighted by Gasteiger charge is -2.36. The molecule has 4 nitrogen and oxygen atoms in total. The number of ether oxygens (including phenoxy) is 1. The zero-order valence-electron chi connectivity index (χ0n) is 15.7. The van der Waals surface area contributed by atoms with Crippen LogP contribution in [0.25, 0.3) is 11.1 Å². The average molecular weight is 362 g/mol. The van der Waals surface area contributed by atoms with Gasteiger partial charge in [0.2, 0.25) is 0 Å². The number of aliphatic hydroxyl groups excluding tert-OH is 1. The van der Waals surface area contributed by atoms with Crippen molar-refractivity contribution in [3.05, 3.63) is 78.6 Å². The van der Waals surface area contributed by atoms with E-state index in [0.717, 1.165) is 24.4 Å². The van der Waals surface area contributed by atoms with Crippen molar-refractivity contribution in [2.75, 3.05) is 19.7 Å². The van der Waals surface area contributed by atoms with E-state index in [9.17, 15) is 5.11 Å². The Bertz CT molecular complexity index is 858. The Labute approximate surface area is 160 Å². The summed E-state index contributed by atoms with van der Waals surface area (Å²) in [5.41, 5.74) is 3.66. The molecule has 2 heterocycles. The normalized spacial score (nSPS) is 18.1. The molecule has 4 rings (SSSR count). The first-order chi connectivity index (χ1) is 13.2. The highest BCUT2D eigenvalue weighted by Crippen LogP contribution is 2.25. The van der Waals surface area contributed by atoms with Gasteiger partial charge in [0.05, 0.1) is 0 Å². The van der Waals surface area contributed by atoms with Gasteiger partial charge < -0.3 is 14.4 Å². The van der Waals surface area contributed by atoms with Crippen molar-refractivity contribution in [3.63, 3.8) is 0 Å². The molecule has 1 aliphatic heterocycles. The fourth-order valence-electron chi connectivity index (χ4n) is 3.77.